The molecule has 0 aliphatic carbocycles. The van der Waals surface area contributed by atoms with Crippen LogP contribution in [0.4, 0.5) is 0 Å². The number of aromatic carboxylic acids is 1. The Labute approximate surface area is 103 Å². The summed E-state index contributed by atoms with van der Waals surface area (Å²) in [4.78, 5) is 14.7. The van der Waals surface area contributed by atoms with Crippen molar-refractivity contribution < 1.29 is 14.4 Å². The number of carboxylic acid groups (broad SMARTS) is 1. The van der Waals surface area contributed by atoms with E-state index in [1.54, 1.807) is 12.1 Å². The number of aromatic nitrogens is 2. The molecular formula is C9H4BrClN2O3. The van der Waals surface area contributed by atoms with Crippen molar-refractivity contribution in [3.8, 4) is 11.5 Å². The van der Waals surface area contributed by atoms with Crippen LogP contribution in [0.3, 0.4) is 0 Å². The number of halogens is 2. The van der Waals surface area contributed by atoms with Gasteiger partial charge in [0.1, 0.15) is 10.3 Å². The van der Waals surface area contributed by atoms with Crippen molar-refractivity contribution >= 4 is 33.5 Å². The normalized spacial score (nSPS) is 10.4. The van der Waals surface area contributed by atoms with Crippen molar-refractivity contribution in [3.05, 3.63) is 33.5 Å². The highest BCUT2D eigenvalue weighted by Gasteiger charge is 2.14. The molecular weight excluding hydrogens is 299 g/mol. The first-order valence-corrected chi connectivity index (χ1v) is 5.27. The van der Waals surface area contributed by atoms with Gasteiger partial charge in [-0.1, -0.05) is 16.8 Å². The molecule has 0 aromatic carbocycles. The maximum absolute atomic E-state index is 10.8. The zero-order valence-electron chi connectivity index (χ0n) is 7.65. The van der Waals surface area contributed by atoms with Gasteiger partial charge in [-0.2, -0.15) is 0 Å². The molecule has 0 saturated carbocycles. The fourth-order valence-corrected chi connectivity index (χ4v) is 1.57. The Balaban J connectivity index is 2.51. The number of carboxylic acids is 1. The van der Waals surface area contributed by atoms with Crippen molar-refractivity contribution in [2.45, 2.75) is 0 Å². The summed E-state index contributed by atoms with van der Waals surface area (Å²) in [5.41, 5.74) is 0.145. The molecule has 0 fully saturated rings. The van der Waals surface area contributed by atoms with Gasteiger partial charge in [-0.3, -0.25) is 0 Å². The van der Waals surface area contributed by atoms with Gasteiger partial charge in [0.05, 0.1) is 5.02 Å². The molecule has 2 aromatic heterocycles. The Morgan fingerprint density at radius 2 is 2.25 bits per heavy atom. The van der Waals surface area contributed by atoms with Crippen molar-refractivity contribution in [2.75, 3.05) is 0 Å². The van der Waals surface area contributed by atoms with Gasteiger partial charge in [-0.25, -0.2) is 9.78 Å². The lowest BCUT2D eigenvalue weighted by atomic mass is 10.2. The fraction of sp³-hybridized carbons (Fsp3) is 0. The number of hydrogen-bond donors (Lipinski definition) is 1. The maximum atomic E-state index is 10.8. The first-order chi connectivity index (χ1) is 7.58. The Bertz CT molecular complexity index is 555. The molecule has 5 nitrogen and oxygen atoms in total. The molecule has 1 N–H and O–H groups in total. The summed E-state index contributed by atoms with van der Waals surface area (Å²) in [5.74, 6) is -0.823. The highest BCUT2D eigenvalue weighted by atomic mass is 79.9. The highest BCUT2D eigenvalue weighted by Crippen LogP contribution is 2.23. The van der Waals surface area contributed by atoms with Crippen LogP contribution in [0, 0.1) is 0 Å². The predicted molar refractivity (Wildman–Crippen MR) is 59.4 cm³/mol. The SMILES string of the molecule is O=C(O)c1nc(-c2cc(Br)no2)ccc1Cl. The van der Waals surface area contributed by atoms with Crippen LogP contribution in [0.25, 0.3) is 11.5 Å². The number of rotatable bonds is 2. The molecule has 0 spiro atoms. The molecule has 16 heavy (non-hydrogen) atoms. The summed E-state index contributed by atoms with van der Waals surface area (Å²) in [7, 11) is 0. The fourth-order valence-electron chi connectivity index (χ4n) is 1.10. The molecule has 0 aliphatic rings. The molecule has 7 heteroatoms. The number of hydrogen-bond acceptors (Lipinski definition) is 4. The summed E-state index contributed by atoms with van der Waals surface area (Å²) >= 11 is 8.80. The van der Waals surface area contributed by atoms with E-state index >= 15 is 0 Å². The molecule has 0 unspecified atom stereocenters. The molecule has 0 bridgehead atoms. The molecule has 0 saturated heterocycles. The maximum Gasteiger partial charge on any atom is 0.356 e. The van der Waals surface area contributed by atoms with Crippen molar-refractivity contribution in [1.82, 2.24) is 10.1 Å². The molecule has 0 aliphatic heterocycles. The lowest BCUT2D eigenvalue weighted by Crippen LogP contribution is -2.01. The second-order valence-corrected chi connectivity index (χ2v) is 4.07. The van der Waals surface area contributed by atoms with Gasteiger partial charge in [-0.15, -0.1) is 0 Å². The second kappa shape index (κ2) is 4.23. The Hall–Kier alpha value is -1.40. The third kappa shape index (κ3) is 2.07. The van der Waals surface area contributed by atoms with Crippen LogP contribution < -0.4 is 0 Å². The van der Waals surface area contributed by atoms with E-state index in [2.05, 4.69) is 26.1 Å². The lowest BCUT2D eigenvalue weighted by molar-refractivity contribution is 0.0691. The molecule has 0 amide bonds. The average molecular weight is 303 g/mol. The van der Waals surface area contributed by atoms with Crippen molar-refractivity contribution in [1.29, 1.82) is 0 Å². The van der Waals surface area contributed by atoms with Gasteiger partial charge in [0.2, 0.25) is 0 Å². The smallest absolute Gasteiger partial charge is 0.356 e. The predicted octanol–water partition coefficient (Wildman–Crippen LogP) is 2.85. The summed E-state index contributed by atoms with van der Waals surface area (Å²) < 4.78 is 5.44. The van der Waals surface area contributed by atoms with Gasteiger partial charge in [-0.05, 0) is 28.1 Å². The van der Waals surface area contributed by atoms with Gasteiger partial charge < -0.3 is 9.63 Å². The largest absolute Gasteiger partial charge is 0.476 e. The third-order valence-electron chi connectivity index (χ3n) is 1.78. The first-order valence-electron chi connectivity index (χ1n) is 4.10. The van der Waals surface area contributed by atoms with E-state index in [1.165, 1.54) is 6.07 Å². The summed E-state index contributed by atoms with van der Waals surface area (Å²) in [6.45, 7) is 0. The van der Waals surface area contributed by atoms with E-state index in [-0.39, 0.29) is 10.7 Å². The zero-order chi connectivity index (χ0) is 11.7. The molecule has 0 radical (unpaired) electrons. The topological polar surface area (TPSA) is 76.2 Å². The Morgan fingerprint density at radius 3 is 2.81 bits per heavy atom. The van der Waals surface area contributed by atoms with E-state index in [4.69, 9.17) is 21.2 Å². The second-order valence-electron chi connectivity index (χ2n) is 2.85. The lowest BCUT2D eigenvalue weighted by Gasteiger charge is -1.99. The average Bonchev–Trinajstić information content (AvgIpc) is 2.65. The van der Waals surface area contributed by atoms with Crippen LogP contribution in [0.2, 0.25) is 5.02 Å². The van der Waals surface area contributed by atoms with Crippen LogP contribution >= 0.6 is 27.5 Å². The van der Waals surface area contributed by atoms with E-state index in [1.807, 2.05) is 0 Å². The van der Waals surface area contributed by atoms with Gasteiger partial charge in [0.15, 0.2) is 11.5 Å². The van der Waals surface area contributed by atoms with Crippen LogP contribution in [0.5, 0.6) is 0 Å². The van der Waals surface area contributed by atoms with Crippen LogP contribution in [-0.2, 0) is 0 Å². The van der Waals surface area contributed by atoms with E-state index in [9.17, 15) is 4.79 Å². The minimum absolute atomic E-state index is 0.0785. The summed E-state index contributed by atoms with van der Waals surface area (Å²) in [6.07, 6.45) is 0. The van der Waals surface area contributed by atoms with E-state index < -0.39 is 5.97 Å². The van der Waals surface area contributed by atoms with Gasteiger partial charge >= 0.3 is 5.97 Å². The first kappa shape index (κ1) is 11.1. The molecule has 0 atom stereocenters. The minimum Gasteiger partial charge on any atom is -0.476 e. The molecule has 2 aromatic rings. The standard InChI is InChI=1S/C9H4BrClN2O3/c10-7-3-6(16-13-7)5-2-1-4(11)8(12-5)9(14)15/h1-3H,(H,14,15). The van der Waals surface area contributed by atoms with E-state index in [0.717, 1.165) is 0 Å². The molecule has 82 valence electrons. The van der Waals surface area contributed by atoms with Crippen LogP contribution in [0.1, 0.15) is 10.5 Å². The van der Waals surface area contributed by atoms with Gasteiger partial charge in [0, 0.05) is 6.07 Å². The Morgan fingerprint density at radius 1 is 1.50 bits per heavy atom. The van der Waals surface area contributed by atoms with Crippen LogP contribution in [0.15, 0.2) is 27.3 Å². The minimum atomic E-state index is -1.19. The monoisotopic (exact) mass is 302 g/mol. The van der Waals surface area contributed by atoms with Gasteiger partial charge in [0.25, 0.3) is 0 Å². The summed E-state index contributed by atoms with van der Waals surface area (Å²) in [5, 5.41) is 12.5. The third-order valence-corrected chi connectivity index (χ3v) is 2.46. The Kier molecular flexibility index (Phi) is 2.93. The van der Waals surface area contributed by atoms with Crippen molar-refractivity contribution in [3.63, 3.8) is 0 Å². The number of pyridine rings is 1. The molecule has 2 rings (SSSR count). The van der Waals surface area contributed by atoms with Crippen LogP contribution in [-0.4, -0.2) is 21.2 Å². The van der Waals surface area contributed by atoms with Crippen molar-refractivity contribution in [2.24, 2.45) is 0 Å². The van der Waals surface area contributed by atoms with E-state index in [0.29, 0.717) is 16.1 Å². The zero-order valence-corrected chi connectivity index (χ0v) is 9.99. The number of carbonyl (C=O) groups is 1. The highest BCUT2D eigenvalue weighted by molar-refractivity contribution is 9.10. The molecule has 2 heterocycles. The quantitative estimate of drug-likeness (QED) is 0.923. The summed E-state index contributed by atoms with van der Waals surface area (Å²) in [6, 6.07) is 4.59. The number of nitrogens with zero attached hydrogens (tertiary/aromatic N) is 2.